The third-order valence-electron chi connectivity index (χ3n) is 2.85. The summed E-state index contributed by atoms with van der Waals surface area (Å²) in [5.41, 5.74) is 7.76. The fourth-order valence-electron chi connectivity index (χ4n) is 1.86. The van der Waals surface area contributed by atoms with Crippen molar-refractivity contribution in [3.05, 3.63) is 67.9 Å². The van der Waals surface area contributed by atoms with Gasteiger partial charge in [0.1, 0.15) is 5.82 Å². The smallest absolute Gasteiger partial charge is 0.124 e. The number of hydrogen-bond donors (Lipinski definition) is 1. The molecule has 2 aromatic carbocycles. The van der Waals surface area contributed by atoms with Crippen LogP contribution in [-0.2, 0) is 6.42 Å². The molecule has 0 spiro atoms. The normalized spacial score (nSPS) is 12.5. The Morgan fingerprint density at radius 2 is 1.79 bits per heavy atom. The van der Waals surface area contributed by atoms with Gasteiger partial charge in [0.05, 0.1) is 0 Å². The van der Waals surface area contributed by atoms with Crippen LogP contribution in [0.15, 0.2) is 40.9 Å². The van der Waals surface area contributed by atoms with Gasteiger partial charge < -0.3 is 5.73 Å². The monoisotopic (exact) mass is 361 g/mol. The Balaban J connectivity index is 2.28. The van der Waals surface area contributed by atoms with Gasteiger partial charge in [-0.15, -0.1) is 0 Å². The molecule has 0 radical (unpaired) electrons. The van der Waals surface area contributed by atoms with Gasteiger partial charge in [0, 0.05) is 20.6 Å². The van der Waals surface area contributed by atoms with E-state index in [2.05, 4.69) is 15.9 Å². The van der Waals surface area contributed by atoms with Crippen LogP contribution in [0.5, 0.6) is 0 Å². The molecule has 100 valence electrons. The number of nitrogens with two attached hydrogens (primary N) is 1. The summed E-state index contributed by atoms with van der Waals surface area (Å²) in [5, 5.41) is 1.17. The van der Waals surface area contributed by atoms with Gasteiger partial charge in [-0.1, -0.05) is 51.3 Å². The first-order valence-corrected chi connectivity index (χ1v) is 7.17. The lowest BCUT2D eigenvalue weighted by Gasteiger charge is -2.16. The van der Waals surface area contributed by atoms with Crippen LogP contribution in [0.1, 0.15) is 17.2 Å². The van der Waals surface area contributed by atoms with E-state index in [1.807, 2.05) is 0 Å². The second kappa shape index (κ2) is 6.23. The van der Waals surface area contributed by atoms with Crippen LogP contribution in [0.4, 0.5) is 4.39 Å². The summed E-state index contributed by atoms with van der Waals surface area (Å²) in [7, 11) is 0. The van der Waals surface area contributed by atoms with Crippen molar-refractivity contribution >= 4 is 39.1 Å². The van der Waals surface area contributed by atoms with Gasteiger partial charge >= 0.3 is 0 Å². The molecule has 2 N–H and O–H groups in total. The molecule has 1 unspecified atom stereocenters. The molecule has 0 bridgehead atoms. The summed E-state index contributed by atoms with van der Waals surface area (Å²) in [6.45, 7) is 0. The minimum absolute atomic E-state index is 0.307. The quantitative estimate of drug-likeness (QED) is 0.803. The van der Waals surface area contributed by atoms with Gasteiger partial charge in [-0.05, 0) is 41.8 Å². The van der Waals surface area contributed by atoms with Gasteiger partial charge in [0.15, 0.2) is 0 Å². The summed E-state index contributed by atoms with van der Waals surface area (Å²) in [6.07, 6.45) is 0.489. The first-order chi connectivity index (χ1) is 8.99. The summed E-state index contributed by atoms with van der Waals surface area (Å²) in [5.74, 6) is -0.307. The van der Waals surface area contributed by atoms with Crippen molar-refractivity contribution < 1.29 is 4.39 Å². The second-order valence-corrected chi connectivity index (χ2v) is 5.85. The average molecular weight is 363 g/mol. The molecule has 0 aromatic heterocycles. The van der Waals surface area contributed by atoms with Crippen molar-refractivity contribution in [3.8, 4) is 0 Å². The lowest BCUT2D eigenvalue weighted by Crippen LogP contribution is -2.14. The Labute approximate surface area is 129 Å². The van der Waals surface area contributed by atoms with Crippen LogP contribution in [0.2, 0.25) is 10.0 Å². The molecule has 0 amide bonds. The minimum atomic E-state index is -0.313. The van der Waals surface area contributed by atoms with Crippen molar-refractivity contribution in [1.82, 2.24) is 0 Å². The number of rotatable bonds is 3. The van der Waals surface area contributed by atoms with Gasteiger partial charge in [-0.2, -0.15) is 0 Å². The van der Waals surface area contributed by atoms with E-state index in [4.69, 9.17) is 28.9 Å². The maximum atomic E-state index is 13.1. The average Bonchev–Trinajstić information content (AvgIpc) is 2.33. The molecular formula is C14H11BrCl2FN. The summed E-state index contributed by atoms with van der Waals surface area (Å²) >= 11 is 15.5. The Kier molecular flexibility index (Phi) is 4.85. The van der Waals surface area contributed by atoms with Crippen LogP contribution in [-0.4, -0.2) is 0 Å². The topological polar surface area (TPSA) is 26.0 Å². The highest BCUT2D eigenvalue weighted by molar-refractivity contribution is 9.10. The molecule has 0 aliphatic rings. The first kappa shape index (κ1) is 14.8. The molecule has 1 nitrogen and oxygen atoms in total. The predicted octanol–water partition coefficient (Wildman–Crippen LogP) is 5.14. The highest BCUT2D eigenvalue weighted by Crippen LogP contribution is 2.31. The van der Waals surface area contributed by atoms with Gasteiger partial charge in [-0.3, -0.25) is 0 Å². The maximum absolute atomic E-state index is 13.1. The maximum Gasteiger partial charge on any atom is 0.124 e. The molecule has 2 aromatic rings. The molecule has 0 saturated carbocycles. The summed E-state index contributed by atoms with van der Waals surface area (Å²) < 4.78 is 13.7. The van der Waals surface area contributed by atoms with Gasteiger partial charge in [0.25, 0.3) is 0 Å². The molecule has 0 fully saturated rings. The Morgan fingerprint density at radius 3 is 2.37 bits per heavy atom. The van der Waals surface area contributed by atoms with Crippen molar-refractivity contribution in [2.24, 2.45) is 5.73 Å². The lowest BCUT2D eigenvalue weighted by atomic mass is 9.99. The zero-order valence-electron chi connectivity index (χ0n) is 9.84. The van der Waals surface area contributed by atoms with Crippen molar-refractivity contribution in [1.29, 1.82) is 0 Å². The molecule has 0 heterocycles. The van der Waals surface area contributed by atoms with Crippen molar-refractivity contribution in [2.75, 3.05) is 0 Å². The van der Waals surface area contributed by atoms with Crippen LogP contribution < -0.4 is 5.73 Å². The molecule has 0 aliphatic heterocycles. The molecule has 1 atom stereocenters. The van der Waals surface area contributed by atoms with Crippen LogP contribution in [0.25, 0.3) is 0 Å². The Hall–Kier alpha value is -0.610. The van der Waals surface area contributed by atoms with E-state index in [0.717, 1.165) is 11.1 Å². The molecule has 5 heteroatoms. The van der Waals surface area contributed by atoms with E-state index in [1.54, 1.807) is 24.3 Å². The molecular weight excluding hydrogens is 352 g/mol. The Bertz CT molecular complexity index is 584. The van der Waals surface area contributed by atoms with Crippen LogP contribution >= 0.6 is 39.1 Å². The van der Waals surface area contributed by atoms with Crippen molar-refractivity contribution in [3.63, 3.8) is 0 Å². The van der Waals surface area contributed by atoms with E-state index in [9.17, 15) is 4.39 Å². The Morgan fingerprint density at radius 1 is 1.16 bits per heavy atom. The fraction of sp³-hybridized carbons (Fsp3) is 0.143. The highest BCUT2D eigenvalue weighted by atomic mass is 79.9. The van der Waals surface area contributed by atoms with E-state index >= 15 is 0 Å². The third-order valence-corrected chi connectivity index (χ3v) is 4.24. The lowest BCUT2D eigenvalue weighted by molar-refractivity contribution is 0.623. The molecule has 19 heavy (non-hydrogen) atoms. The SMILES string of the molecule is NC(Cc1c(Cl)cccc1Cl)c1ccc(F)cc1Br. The zero-order chi connectivity index (χ0) is 14.0. The van der Waals surface area contributed by atoms with E-state index < -0.39 is 0 Å². The third kappa shape index (κ3) is 3.48. The predicted molar refractivity (Wildman–Crippen MR) is 81.2 cm³/mol. The summed E-state index contributed by atoms with van der Waals surface area (Å²) in [4.78, 5) is 0. The van der Waals surface area contributed by atoms with E-state index in [0.29, 0.717) is 20.9 Å². The highest BCUT2D eigenvalue weighted by Gasteiger charge is 2.15. The van der Waals surface area contributed by atoms with Gasteiger partial charge in [-0.25, -0.2) is 4.39 Å². The number of benzene rings is 2. The fourth-order valence-corrected chi connectivity index (χ4v) is 3.06. The van der Waals surface area contributed by atoms with Crippen LogP contribution in [0.3, 0.4) is 0 Å². The van der Waals surface area contributed by atoms with Crippen LogP contribution in [0, 0.1) is 5.82 Å². The standard InChI is InChI=1S/C14H11BrCl2FN/c15-11-6-8(18)4-5-9(11)14(19)7-10-12(16)2-1-3-13(10)17/h1-6,14H,7,19H2. The van der Waals surface area contributed by atoms with Gasteiger partial charge in [0.2, 0.25) is 0 Å². The number of hydrogen-bond acceptors (Lipinski definition) is 1. The first-order valence-electron chi connectivity index (χ1n) is 5.62. The molecule has 0 saturated heterocycles. The second-order valence-electron chi connectivity index (χ2n) is 4.18. The molecule has 2 rings (SSSR count). The zero-order valence-corrected chi connectivity index (χ0v) is 12.9. The van der Waals surface area contributed by atoms with E-state index in [-0.39, 0.29) is 11.9 Å². The molecule has 0 aliphatic carbocycles. The minimum Gasteiger partial charge on any atom is -0.324 e. The largest absolute Gasteiger partial charge is 0.324 e. The van der Waals surface area contributed by atoms with Crippen molar-refractivity contribution in [2.45, 2.75) is 12.5 Å². The van der Waals surface area contributed by atoms with E-state index in [1.165, 1.54) is 12.1 Å². The summed E-state index contributed by atoms with van der Waals surface area (Å²) in [6, 6.07) is 9.46. The number of halogens is 4.